The fourth-order valence-electron chi connectivity index (χ4n) is 3.10. The second-order valence-electron chi connectivity index (χ2n) is 6.46. The van der Waals surface area contributed by atoms with Crippen LogP contribution in [0.25, 0.3) is 0 Å². The van der Waals surface area contributed by atoms with Gasteiger partial charge in [-0.2, -0.15) is 0 Å². The molecular weight excluding hydrogens is 394 g/mol. The van der Waals surface area contributed by atoms with Crippen LogP contribution in [-0.4, -0.2) is 25.2 Å². The average Bonchev–Trinajstić information content (AvgIpc) is 2.68. The van der Waals surface area contributed by atoms with E-state index in [1.54, 1.807) is 6.07 Å². The second kappa shape index (κ2) is 9.62. The van der Waals surface area contributed by atoms with Crippen molar-refractivity contribution >= 4 is 21.8 Å². The number of carbonyl (C=O) groups is 1. The number of amides is 1. The zero-order chi connectivity index (χ0) is 18.2. The quantitative estimate of drug-likeness (QED) is 0.646. The van der Waals surface area contributed by atoms with Crippen molar-refractivity contribution in [2.45, 2.75) is 38.1 Å². The summed E-state index contributed by atoms with van der Waals surface area (Å²) in [7, 11) is 0. The lowest BCUT2D eigenvalue weighted by Crippen LogP contribution is -2.36. The van der Waals surface area contributed by atoms with Crippen LogP contribution >= 0.6 is 15.9 Å². The molecule has 0 heterocycles. The van der Waals surface area contributed by atoms with E-state index < -0.39 is 0 Å². The first-order chi connectivity index (χ1) is 12.7. The van der Waals surface area contributed by atoms with Crippen LogP contribution in [0.5, 0.6) is 11.5 Å². The van der Waals surface area contributed by atoms with Gasteiger partial charge in [-0.05, 0) is 59.1 Å². The summed E-state index contributed by atoms with van der Waals surface area (Å²) in [5.41, 5.74) is 0.648. The minimum atomic E-state index is -0.0171. The molecule has 138 valence electrons. The molecular formula is C21H24BrNO3. The molecule has 2 aromatic rings. The molecule has 0 saturated heterocycles. The molecule has 1 aliphatic rings. The molecule has 3 rings (SSSR count). The lowest BCUT2D eigenvalue weighted by Gasteiger charge is -2.22. The van der Waals surface area contributed by atoms with Crippen LogP contribution in [0.1, 0.15) is 42.5 Å². The Bertz CT molecular complexity index is 714. The number of ether oxygens (including phenoxy) is 2. The van der Waals surface area contributed by atoms with Crippen molar-refractivity contribution in [2.24, 2.45) is 0 Å². The first kappa shape index (κ1) is 18.8. The number of hydrogen-bond donors (Lipinski definition) is 1. The van der Waals surface area contributed by atoms with Gasteiger partial charge in [0, 0.05) is 11.6 Å². The van der Waals surface area contributed by atoms with E-state index >= 15 is 0 Å². The third-order valence-corrected chi connectivity index (χ3v) is 5.11. The van der Waals surface area contributed by atoms with Crippen LogP contribution in [0, 0.1) is 0 Å². The molecule has 1 amide bonds. The molecule has 4 nitrogen and oxygen atoms in total. The topological polar surface area (TPSA) is 47.6 Å². The zero-order valence-corrected chi connectivity index (χ0v) is 16.3. The summed E-state index contributed by atoms with van der Waals surface area (Å²) in [5.74, 6) is 1.51. The van der Waals surface area contributed by atoms with E-state index in [1.807, 2.05) is 42.5 Å². The van der Waals surface area contributed by atoms with E-state index in [9.17, 15) is 4.79 Å². The second-order valence-corrected chi connectivity index (χ2v) is 7.32. The molecule has 2 aromatic carbocycles. The minimum absolute atomic E-state index is 0.0171. The minimum Gasteiger partial charge on any atom is -0.490 e. The molecule has 0 spiro atoms. The Morgan fingerprint density at radius 3 is 2.46 bits per heavy atom. The van der Waals surface area contributed by atoms with Gasteiger partial charge in [0.2, 0.25) is 0 Å². The molecule has 0 aromatic heterocycles. The van der Waals surface area contributed by atoms with Crippen LogP contribution in [-0.2, 0) is 0 Å². The van der Waals surface area contributed by atoms with Crippen molar-refractivity contribution in [3.05, 3.63) is 58.6 Å². The Morgan fingerprint density at radius 2 is 1.73 bits per heavy atom. The van der Waals surface area contributed by atoms with E-state index in [1.165, 1.54) is 19.3 Å². The Kier molecular flexibility index (Phi) is 6.95. The third-order valence-electron chi connectivity index (χ3n) is 4.49. The van der Waals surface area contributed by atoms with E-state index in [0.29, 0.717) is 30.6 Å². The maximum Gasteiger partial charge on any atom is 0.251 e. The summed E-state index contributed by atoms with van der Waals surface area (Å²) in [6.07, 6.45) is 5.84. The Hall–Kier alpha value is -2.01. The summed E-state index contributed by atoms with van der Waals surface area (Å²) >= 11 is 3.49. The molecule has 0 aliphatic heterocycles. The van der Waals surface area contributed by atoms with E-state index in [0.717, 1.165) is 23.1 Å². The number of para-hydroxylation sites is 1. The van der Waals surface area contributed by atoms with Crippen LogP contribution in [0.15, 0.2) is 53.0 Å². The van der Waals surface area contributed by atoms with Gasteiger partial charge in [0.25, 0.3) is 5.91 Å². The molecule has 0 radical (unpaired) electrons. The lowest BCUT2D eigenvalue weighted by atomic mass is 9.95. The van der Waals surface area contributed by atoms with Gasteiger partial charge < -0.3 is 14.8 Å². The highest BCUT2D eigenvalue weighted by atomic mass is 79.9. The van der Waals surface area contributed by atoms with Gasteiger partial charge in [-0.15, -0.1) is 0 Å². The highest BCUT2D eigenvalue weighted by Crippen LogP contribution is 2.26. The van der Waals surface area contributed by atoms with Crippen LogP contribution in [0.4, 0.5) is 0 Å². The maximum absolute atomic E-state index is 12.4. The monoisotopic (exact) mass is 417 g/mol. The fourth-order valence-corrected chi connectivity index (χ4v) is 3.60. The predicted molar refractivity (Wildman–Crippen MR) is 106 cm³/mol. The van der Waals surface area contributed by atoms with Gasteiger partial charge in [-0.1, -0.05) is 37.5 Å². The summed E-state index contributed by atoms with van der Waals surface area (Å²) in [5, 5.41) is 3.13. The van der Waals surface area contributed by atoms with Crippen molar-refractivity contribution in [3.8, 4) is 11.5 Å². The van der Waals surface area contributed by atoms with Crippen molar-refractivity contribution in [3.63, 3.8) is 0 Å². The van der Waals surface area contributed by atoms with E-state index in [-0.39, 0.29) is 5.91 Å². The van der Waals surface area contributed by atoms with Crippen molar-refractivity contribution < 1.29 is 14.3 Å². The smallest absolute Gasteiger partial charge is 0.251 e. The number of carbonyl (C=O) groups excluding carboxylic acids is 1. The van der Waals surface area contributed by atoms with E-state index in [2.05, 4.69) is 21.2 Å². The van der Waals surface area contributed by atoms with Gasteiger partial charge in [0.05, 0.1) is 4.47 Å². The van der Waals surface area contributed by atoms with Gasteiger partial charge in [-0.25, -0.2) is 0 Å². The molecule has 1 aliphatic carbocycles. The summed E-state index contributed by atoms with van der Waals surface area (Å²) < 4.78 is 12.1. The predicted octanol–water partition coefficient (Wildman–Crippen LogP) is 4.97. The molecule has 0 bridgehead atoms. The van der Waals surface area contributed by atoms with Gasteiger partial charge in [0.1, 0.15) is 24.7 Å². The summed E-state index contributed by atoms with van der Waals surface area (Å²) in [6, 6.07) is 15.4. The molecule has 0 atom stereocenters. The van der Waals surface area contributed by atoms with Gasteiger partial charge in [0.15, 0.2) is 0 Å². The maximum atomic E-state index is 12.4. The Balaban J connectivity index is 1.48. The highest BCUT2D eigenvalue weighted by molar-refractivity contribution is 9.10. The van der Waals surface area contributed by atoms with Crippen molar-refractivity contribution in [2.75, 3.05) is 13.2 Å². The normalized spacial score (nSPS) is 14.7. The summed E-state index contributed by atoms with van der Waals surface area (Å²) in [6.45, 7) is 0.890. The number of halogens is 1. The van der Waals surface area contributed by atoms with Crippen molar-refractivity contribution in [1.29, 1.82) is 0 Å². The van der Waals surface area contributed by atoms with Crippen molar-refractivity contribution in [1.82, 2.24) is 5.32 Å². The van der Waals surface area contributed by atoms with E-state index in [4.69, 9.17) is 9.47 Å². The van der Waals surface area contributed by atoms with Crippen LogP contribution in [0.2, 0.25) is 0 Å². The first-order valence-corrected chi connectivity index (χ1v) is 9.93. The average molecular weight is 418 g/mol. The highest BCUT2D eigenvalue weighted by Gasteiger charge is 2.17. The fraction of sp³-hybridized carbons (Fsp3) is 0.381. The largest absolute Gasteiger partial charge is 0.490 e. The molecule has 1 fully saturated rings. The van der Waals surface area contributed by atoms with Gasteiger partial charge >= 0.3 is 0 Å². The number of nitrogens with one attached hydrogen (secondary N) is 1. The SMILES string of the molecule is O=C(NC1CCCCC1)c1ccc(OCCOc2ccccc2)c(Br)c1. The summed E-state index contributed by atoms with van der Waals surface area (Å²) in [4.78, 5) is 12.4. The number of rotatable bonds is 7. The molecule has 26 heavy (non-hydrogen) atoms. The molecule has 0 unspecified atom stereocenters. The molecule has 1 N–H and O–H groups in total. The Labute approximate surface area is 163 Å². The Morgan fingerprint density at radius 1 is 1.00 bits per heavy atom. The van der Waals surface area contributed by atoms with Gasteiger partial charge in [-0.3, -0.25) is 4.79 Å². The first-order valence-electron chi connectivity index (χ1n) is 9.13. The number of benzene rings is 2. The molecule has 1 saturated carbocycles. The third kappa shape index (κ3) is 5.49. The molecule has 5 heteroatoms. The zero-order valence-electron chi connectivity index (χ0n) is 14.7. The lowest BCUT2D eigenvalue weighted by molar-refractivity contribution is 0.0927. The van der Waals surface area contributed by atoms with Crippen LogP contribution in [0.3, 0.4) is 0 Å². The standard InChI is InChI=1S/C21H24BrNO3/c22-19-15-16(21(24)23-17-7-3-1-4-8-17)11-12-20(19)26-14-13-25-18-9-5-2-6-10-18/h2,5-6,9-12,15,17H,1,3-4,7-8,13-14H2,(H,23,24). The van der Waals surface area contributed by atoms with Crippen LogP contribution < -0.4 is 14.8 Å². The number of hydrogen-bond acceptors (Lipinski definition) is 3.